The quantitative estimate of drug-likeness (QED) is 0.862. The van der Waals surface area contributed by atoms with Crippen molar-refractivity contribution in [2.75, 3.05) is 13.7 Å². The van der Waals surface area contributed by atoms with Gasteiger partial charge in [-0.1, -0.05) is 18.8 Å². The second-order valence-electron chi connectivity index (χ2n) is 5.18. The maximum atomic E-state index is 13.3. The minimum Gasteiger partial charge on any atom is -0.384 e. The Bertz CT molecular complexity index is 555. The van der Waals surface area contributed by atoms with E-state index in [9.17, 15) is 9.18 Å². The molecule has 1 rings (SSSR count). The summed E-state index contributed by atoms with van der Waals surface area (Å²) < 4.78 is 13.3. The molecule has 108 valence electrons. The molecule has 1 aromatic carbocycles. The number of nitrogens with zero attached hydrogens (tertiary/aromatic N) is 1. The SMILES string of the molecule is CCC(C)(C)N(C)C(=O)c1ccc(F)cc1C#CCO. The van der Waals surface area contributed by atoms with Crippen molar-refractivity contribution in [2.45, 2.75) is 32.7 Å². The number of carbonyl (C=O) groups excluding carboxylic acids is 1. The predicted octanol–water partition coefficient (Wildman–Crippen LogP) is 2.43. The van der Waals surface area contributed by atoms with E-state index in [-0.39, 0.29) is 18.1 Å². The van der Waals surface area contributed by atoms with Crippen molar-refractivity contribution >= 4 is 5.91 Å². The molecule has 0 bridgehead atoms. The minimum atomic E-state index is -0.457. The van der Waals surface area contributed by atoms with Gasteiger partial charge in [0, 0.05) is 18.2 Å². The number of halogens is 1. The molecule has 0 aliphatic rings. The molecule has 1 amide bonds. The molecular weight excluding hydrogens is 257 g/mol. The first kappa shape index (κ1) is 16.2. The minimum absolute atomic E-state index is 0.209. The molecule has 0 atom stereocenters. The first-order chi connectivity index (χ1) is 9.33. The molecule has 20 heavy (non-hydrogen) atoms. The third-order valence-corrected chi connectivity index (χ3v) is 3.59. The van der Waals surface area contributed by atoms with Gasteiger partial charge in [-0.05, 0) is 38.5 Å². The van der Waals surface area contributed by atoms with Gasteiger partial charge in [-0.15, -0.1) is 0 Å². The van der Waals surface area contributed by atoms with E-state index in [0.29, 0.717) is 11.1 Å². The fourth-order valence-corrected chi connectivity index (χ4v) is 1.63. The van der Waals surface area contributed by atoms with Gasteiger partial charge in [0.2, 0.25) is 0 Å². The van der Waals surface area contributed by atoms with Gasteiger partial charge in [0.1, 0.15) is 12.4 Å². The highest BCUT2D eigenvalue weighted by Crippen LogP contribution is 2.21. The summed E-state index contributed by atoms with van der Waals surface area (Å²) in [6.07, 6.45) is 0.800. The molecule has 0 aliphatic carbocycles. The van der Waals surface area contributed by atoms with Crippen molar-refractivity contribution in [3.05, 3.63) is 35.1 Å². The Labute approximate surface area is 119 Å². The Hall–Kier alpha value is -1.86. The molecule has 0 unspecified atom stereocenters. The number of aliphatic hydroxyl groups excluding tert-OH is 1. The zero-order valence-corrected chi connectivity index (χ0v) is 12.3. The Balaban J connectivity index is 3.22. The van der Waals surface area contributed by atoms with Crippen LogP contribution in [0, 0.1) is 17.7 Å². The van der Waals surface area contributed by atoms with E-state index in [0.717, 1.165) is 6.42 Å². The van der Waals surface area contributed by atoms with Crippen LogP contribution in [0.25, 0.3) is 0 Å². The number of hydrogen-bond donors (Lipinski definition) is 1. The molecule has 4 heteroatoms. The average Bonchev–Trinajstić information content (AvgIpc) is 2.43. The van der Waals surface area contributed by atoms with Crippen LogP contribution in [0.4, 0.5) is 4.39 Å². The predicted molar refractivity (Wildman–Crippen MR) is 76.8 cm³/mol. The molecule has 0 spiro atoms. The van der Waals surface area contributed by atoms with Crippen LogP contribution in [0.5, 0.6) is 0 Å². The smallest absolute Gasteiger partial charge is 0.255 e. The van der Waals surface area contributed by atoms with Crippen molar-refractivity contribution in [3.8, 4) is 11.8 Å². The van der Waals surface area contributed by atoms with Crippen molar-refractivity contribution in [1.82, 2.24) is 4.90 Å². The van der Waals surface area contributed by atoms with E-state index < -0.39 is 5.82 Å². The normalized spacial score (nSPS) is 10.7. The highest BCUT2D eigenvalue weighted by Gasteiger charge is 2.27. The molecule has 1 aromatic rings. The van der Waals surface area contributed by atoms with Gasteiger partial charge in [-0.2, -0.15) is 0 Å². The largest absolute Gasteiger partial charge is 0.384 e. The van der Waals surface area contributed by atoms with E-state index in [1.54, 1.807) is 11.9 Å². The number of amides is 1. The summed E-state index contributed by atoms with van der Waals surface area (Å²) in [4.78, 5) is 14.1. The summed E-state index contributed by atoms with van der Waals surface area (Å²) in [6, 6.07) is 3.88. The molecule has 0 fully saturated rings. The second-order valence-corrected chi connectivity index (χ2v) is 5.18. The summed E-state index contributed by atoms with van der Waals surface area (Å²) in [5.41, 5.74) is 0.340. The highest BCUT2D eigenvalue weighted by molar-refractivity contribution is 5.97. The third-order valence-electron chi connectivity index (χ3n) is 3.59. The van der Waals surface area contributed by atoms with Gasteiger partial charge < -0.3 is 10.0 Å². The van der Waals surface area contributed by atoms with E-state index in [1.807, 2.05) is 20.8 Å². The van der Waals surface area contributed by atoms with Gasteiger partial charge in [0.15, 0.2) is 0 Å². The van der Waals surface area contributed by atoms with Gasteiger partial charge in [0.05, 0.1) is 5.56 Å². The van der Waals surface area contributed by atoms with Gasteiger partial charge in [-0.3, -0.25) is 4.79 Å². The third kappa shape index (κ3) is 3.58. The number of carbonyl (C=O) groups is 1. The summed E-state index contributed by atoms with van der Waals surface area (Å²) >= 11 is 0. The number of rotatable bonds is 3. The van der Waals surface area contributed by atoms with Crippen molar-refractivity contribution in [1.29, 1.82) is 0 Å². The zero-order valence-electron chi connectivity index (χ0n) is 12.3. The molecule has 3 nitrogen and oxygen atoms in total. The first-order valence-corrected chi connectivity index (χ1v) is 6.51. The van der Waals surface area contributed by atoms with Crippen LogP contribution < -0.4 is 0 Å². The lowest BCUT2D eigenvalue weighted by Gasteiger charge is -2.35. The van der Waals surface area contributed by atoms with E-state index >= 15 is 0 Å². The number of hydrogen-bond acceptors (Lipinski definition) is 2. The van der Waals surface area contributed by atoms with Crippen molar-refractivity contribution < 1.29 is 14.3 Å². The van der Waals surface area contributed by atoms with Gasteiger partial charge in [-0.25, -0.2) is 4.39 Å². The van der Waals surface area contributed by atoms with Gasteiger partial charge in [0.25, 0.3) is 5.91 Å². The first-order valence-electron chi connectivity index (χ1n) is 6.51. The topological polar surface area (TPSA) is 40.5 Å². The van der Waals surface area contributed by atoms with Crippen LogP contribution in [0.3, 0.4) is 0 Å². The fraction of sp³-hybridized carbons (Fsp3) is 0.438. The molecule has 0 saturated heterocycles. The second kappa shape index (κ2) is 6.53. The Kier molecular flexibility index (Phi) is 5.29. The van der Waals surface area contributed by atoms with E-state index in [1.165, 1.54) is 18.2 Å². The van der Waals surface area contributed by atoms with E-state index in [2.05, 4.69) is 11.8 Å². The number of aliphatic hydroxyl groups is 1. The van der Waals surface area contributed by atoms with Crippen LogP contribution in [-0.4, -0.2) is 35.1 Å². The maximum absolute atomic E-state index is 13.3. The Morgan fingerprint density at radius 2 is 2.10 bits per heavy atom. The van der Waals surface area contributed by atoms with Crippen LogP contribution in [-0.2, 0) is 0 Å². The Morgan fingerprint density at radius 3 is 2.65 bits per heavy atom. The van der Waals surface area contributed by atoms with Crippen LogP contribution >= 0.6 is 0 Å². The van der Waals surface area contributed by atoms with Crippen LogP contribution in [0.2, 0.25) is 0 Å². The van der Waals surface area contributed by atoms with Crippen LogP contribution in [0.1, 0.15) is 43.1 Å². The molecular formula is C16H20FNO2. The lowest BCUT2D eigenvalue weighted by atomic mass is 9.97. The lowest BCUT2D eigenvalue weighted by Crippen LogP contribution is -2.44. The average molecular weight is 277 g/mol. The summed E-state index contributed by atoms with van der Waals surface area (Å²) in [5.74, 6) is 4.40. The maximum Gasteiger partial charge on any atom is 0.255 e. The molecule has 0 saturated carbocycles. The summed E-state index contributed by atoms with van der Waals surface area (Å²) in [7, 11) is 1.72. The monoisotopic (exact) mass is 277 g/mol. The molecule has 0 radical (unpaired) electrons. The molecule has 0 heterocycles. The standard InChI is InChI=1S/C16H20FNO2/c1-5-16(2,3)18(4)15(20)14-9-8-13(17)11-12(14)7-6-10-19/h8-9,11,19H,5,10H2,1-4H3. The number of benzene rings is 1. The molecule has 1 N–H and O–H groups in total. The highest BCUT2D eigenvalue weighted by atomic mass is 19.1. The lowest BCUT2D eigenvalue weighted by molar-refractivity contribution is 0.0620. The Morgan fingerprint density at radius 1 is 1.45 bits per heavy atom. The zero-order chi connectivity index (χ0) is 15.3. The molecule has 0 aromatic heterocycles. The molecule has 0 aliphatic heterocycles. The fourth-order valence-electron chi connectivity index (χ4n) is 1.63. The summed E-state index contributed by atoms with van der Waals surface area (Å²) in [5, 5.41) is 8.74. The van der Waals surface area contributed by atoms with E-state index in [4.69, 9.17) is 5.11 Å². The van der Waals surface area contributed by atoms with Gasteiger partial charge >= 0.3 is 0 Å². The summed E-state index contributed by atoms with van der Waals surface area (Å²) in [6.45, 7) is 5.60. The van der Waals surface area contributed by atoms with Crippen molar-refractivity contribution in [2.24, 2.45) is 0 Å². The van der Waals surface area contributed by atoms with Crippen molar-refractivity contribution in [3.63, 3.8) is 0 Å². The van der Waals surface area contributed by atoms with Crippen LogP contribution in [0.15, 0.2) is 18.2 Å².